The standard InChI is InChI=1S/C28H22BrN3O7S/c1-4-38-27(34)24-15(2)30-28-31(25(24)16-5-7-17(29)8-6-16)26(33)23(40-28)14-19-10-12-21(39-19)20-11-9-18(32(35)36)13-22(20)37-3/h5-14,25H,4H2,1-3H3/b23-14-/t25-/m0/s1. The SMILES string of the molecule is CCOC(=O)C1=C(C)N=c2s/c(=C\c3ccc(-c4ccc([N+](=O)[O-])cc4OC)o3)c(=O)n2[C@H]1c1ccc(Br)cc1. The van der Waals surface area contributed by atoms with Gasteiger partial charge in [-0.2, -0.15) is 0 Å². The number of esters is 1. The monoisotopic (exact) mass is 623 g/mol. The number of nitrogens with zero attached hydrogens (tertiary/aromatic N) is 3. The number of halogens is 1. The number of allylic oxidation sites excluding steroid dienone is 1. The molecule has 40 heavy (non-hydrogen) atoms. The number of hydrogen-bond donors (Lipinski definition) is 0. The van der Waals surface area contributed by atoms with Gasteiger partial charge < -0.3 is 13.9 Å². The van der Waals surface area contributed by atoms with E-state index in [2.05, 4.69) is 20.9 Å². The molecule has 3 heterocycles. The molecule has 10 nitrogen and oxygen atoms in total. The van der Waals surface area contributed by atoms with Gasteiger partial charge in [0.2, 0.25) is 0 Å². The zero-order chi connectivity index (χ0) is 28.6. The number of carbonyl (C=O) groups excluding carboxylic acids is 1. The summed E-state index contributed by atoms with van der Waals surface area (Å²) in [6.07, 6.45) is 1.60. The minimum atomic E-state index is -0.720. The van der Waals surface area contributed by atoms with Crippen LogP contribution in [0.5, 0.6) is 5.75 Å². The van der Waals surface area contributed by atoms with E-state index in [9.17, 15) is 19.7 Å². The Bertz CT molecular complexity index is 1850. The quantitative estimate of drug-likeness (QED) is 0.165. The normalized spacial score (nSPS) is 15.0. The van der Waals surface area contributed by atoms with Crippen LogP contribution in [0.2, 0.25) is 0 Å². The lowest BCUT2D eigenvalue weighted by Gasteiger charge is -2.24. The Labute approximate surface area is 239 Å². The number of non-ortho nitro benzene ring substituents is 1. The van der Waals surface area contributed by atoms with Crippen molar-refractivity contribution in [3.63, 3.8) is 0 Å². The molecule has 0 amide bonds. The minimum Gasteiger partial charge on any atom is -0.496 e. The number of furan rings is 1. The molecule has 0 spiro atoms. The number of rotatable bonds is 7. The van der Waals surface area contributed by atoms with Gasteiger partial charge in [0.15, 0.2) is 4.80 Å². The predicted octanol–water partition coefficient (Wildman–Crippen LogP) is 4.74. The largest absolute Gasteiger partial charge is 0.496 e. The zero-order valence-corrected chi connectivity index (χ0v) is 23.9. The summed E-state index contributed by atoms with van der Waals surface area (Å²) in [7, 11) is 1.42. The van der Waals surface area contributed by atoms with Crippen LogP contribution in [0.15, 0.2) is 84.5 Å². The second kappa shape index (κ2) is 11.1. The summed E-state index contributed by atoms with van der Waals surface area (Å²) in [5.74, 6) is 0.561. The number of methoxy groups -OCH3 is 1. The molecule has 5 rings (SSSR count). The number of fused-ring (bicyclic) bond motifs is 1. The van der Waals surface area contributed by atoms with Crippen molar-refractivity contribution in [1.29, 1.82) is 0 Å². The van der Waals surface area contributed by atoms with E-state index in [0.717, 1.165) is 10.0 Å². The third kappa shape index (κ3) is 5.03. The molecule has 1 atom stereocenters. The Hall–Kier alpha value is -4.29. The summed E-state index contributed by atoms with van der Waals surface area (Å²) >= 11 is 4.61. The van der Waals surface area contributed by atoms with Gasteiger partial charge in [-0.15, -0.1) is 0 Å². The molecule has 4 aromatic rings. The molecule has 0 N–H and O–H groups in total. The molecule has 0 bridgehead atoms. The number of nitro benzene ring substituents is 1. The molecular formula is C28H22BrN3O7S. The van der Waals surface area contributed by atoms with Crippen molar-refractivity contribution in [3.8, 4) is 17.1 Å². The lowest BCUT2D eigenvalue weighted by Crippen LogP contribution is -2.39. The van der Waals surface area contributed by atoms with Crippen LogP contribution < -0.4 is 19.6 Å². The summed E-state index contributed by atoms with van der Waals surface area (Å²) in [5, 5.41) is 11.1. The number of thiazole rings is 1. The van der Waals surface area contributed by atoms with Crippen LogP contribution in [0.25, 0.3) is 17.4 Å². The average molecular weight is 624 g/mol. The van der Waals surface area contributed by atoms with Crippen LogP contribution in [0.4, 0.5) is 5.69 Å². The lowest BCUT2D eigenvalue weighted by molar-refractivity contribution is -0.384. The highest BCUT2D eigenvalue weighted by molar-refractivity contribution is 9.10. The molecule has 2 aromatic carbocycles. The van der Waals surface area contributed by atoms with Gasteiger partial charge in [0.1, 0.15) is 17.3 Å². The van der Waals surface area contributed by atoms with Gasteiger partial charge in [-0.05, 0) is 49.7 Å². The van der Waals surface area contributed by atoms with Crippen molar-refractivity contribution in [2.45, 2.75) is 19.9 Å². The van der Waals surface area contributed by atoms with Crippen LogP contribution in [-0.4, -0.2) is 29.2 Å². The minimum absolute atomic E-state index is 0.105. The molecule has 0 unspecified atom stereocenters. The van der Waals surface area contributed by atoms with Crippen LogP contribution in [-0.2, 0) is 9.53 Å². The summed E-state index contributed by atoms with van der Waals surface area (Å²) in [4.78, 5) is 42.4. The summed E-state index contributed by atoms with van der Waals surface area (Å²) in [5.41, 5.74) is 1.60. The fraction of sp³-hybridized carbons (Fsp3) is 0.179. The highest BCUT2D eigenvalue weighted by Gasteiger charge is 2.33. The topological polar surface area (TPSA) is 126 Å². The number of aromatic nitrogens is 1. The van der Waals surface area contributed by atoms with Crippen LogP contribution in [0, 0.1) is 10.1 Å². The number of benzene rings is 2. The molecule has 0 aliphatic carbocycles. The molecule has 0 saturated carbocycles. The fourth-order valence-corrected chi connectivity index (χ4v) is 5.74. The molecule has 1 aliphatic rings. The third-order valence-corrected chi connectivity index (χ3v) is 7.78. The van der Waals surface area contributed by atoms with E-state index in [1.807, 2.05) is 24.3 Å². The van der Waals surface area contributed by atoms with Gasteiger partial charge in [-0.3, -0.25) is 19.5 Å². The molecule has 204 valence electrons. The van der Waals surface area contributed by atoms with E-state index in [1.165, 1.54) is 35.1 Å². The van der Waals surface area contributed by atoms with Crippen LogP contribution in [0.3, 0.4) is 0 Å². The summed E-state index contributed by atoms with van der Waals surface area (Å²) in [6.45, 7) is 3.64. The van der Waals surface area contributed by atoms with Crippen LogP contribution >= 0.6 is 27.3 Å². The van der Waals surface area contributed by atoms with E-state index in [0.29, 0.717) is 37.7 Å². The molecule has 0 saturated heterocycles. The molecule has 12 heteroatoms. The van der Waals surface area contributed by atoms with E-state index in [1.54, 1.807) is 38.1 Å². The Balaban J connectivity index is 1.61. The van der Waals surface area contributed by atoms with Crippen molar-refractivity contribution in [1.82, 2.24) is 4.57 Å². The first-order chi connectivity index (χ1) is 19.2. The number of ether oxygens (including phenoxy) is 2. The van der Waals surface area contributed by atoms with Gasteiger partial charge in [0, 0.05) is 16.6 Å². The van der Waals surface area contributed by atoms with Gasteiger partial charge in [0.05, 0.1) is 52.1 Å². The molecule has 2 aromatic heterocycles. The van der Waals surface area contributed by atoms with Crippen LogP contribution in [0.1, 0.15) is 31.2 Å². The van der Waals surface area contributed by atoms with Crippen molar-refractivity contribution < 1.29 is 23.6 Å². The first kappa shape index (κ1) is 27.3. The van der Waals surface area contributed by atoms with E-state index in [-0.39, 0.29) is 23.6 Å². The van der Waals surface area contributed by atoms with E-state index >= 15 is 0 Å². The maximum Gasteiger partial charge on any atom is 0.338 e. The highest BCUT2D eigenvalue weighted by atomic mass is 79.9. The number of nitro groups is 1. The van der Waals surface area contributed by atoms with Crippen molar-refractivity contribution >= 4 is 45.0 Å². The van der Waals surface area contributed by atoms with E-state index in [4.69, 9.17) is 13.9 Å². The molecule has 0 fully saturated rings. The highest BCUT2D eigenvalue weighted by Crippen LogP contribution is 2.35. The third-order valence-electron chi connectivity index (χ3n) is 6.26. The first-order valence-electron chi connectivity index (χ1n) is 12.1. The van der Waals surface area contributed by atoms with Gasteiger partial charge in [0.25, 0.3) is 11.2 Å². The first-order valence-corrected chi connectivity index (χ1v) is 13.7. The number of carbonyl (C=O) groups is 1. The predicted molar refractivity (Wildman–Crippen MR) is 152 cm³/mol. The maximum absolute atomic E-state index is 13.8. The Morgan fingerprint density at radius 3 is 2.65 bits per heavy atom. The smallest absolute Gasteiger partial charge is 0.338 e. The zero-order valence-electron chi connectivity index (χ0n) is 21.5. The molecule has 0 radical (unpaired) electrons. The Kier molecular flexibility index (Phi) is 7.55. The van der Waals surface area contributed by atoms with Crippen molar-refractivity contribution in [2.24, 2.45) is 4.99 Å². The lowest BCUT2D eigenvalue weighted by atomic mass is 9.96. The molecule has 1 aliphatic heterocycles. The van der Waals surface area contributed by atoms with E-state index < -0.39 is 16.9 Å². The maximum atomic E-state index is 13.8. The summed E-state index contributed by atoms with van der Waals surface area (Å²) < 4.78 is 19.3. The second-order valence-electron chi connectivity index (χ2n) is 8.70. The van der Waals surface area contributed by atoms with Gasteiger partial charge >= 0.3 is 5.97 Å². The Morgan fingerprint density at radius 2 is 1.98 bits per heavy atom. The van der Waals surface area contributed by atoms with Crippen molar-refractivity contribution in [3.05, 3.63) is 111 Å². The Morgan fingerprint density at radius 1 is 1.23 bits per heavy atom. The van der Waals surface area contributed by atoms with Crippen molar-refractivity contribution in [2.75, 3.05) is 13.7 Å². The van der Waals surface area contributed by atoms with Gasteiger partial charge in [-0.25, -0.2) is 9.79 Å². The second-order valence-corrected chi connectivity index (χ2v) is 10.6. The number of hydrogen-bond acceptors (Lipinski definition) is 9. The molecular weight excluding hydrogens is 602 g/mol. The average Bonchev–Trinajstić information content (AvgIpc) is 3.52. The van der Waals surface area contributed by atoms with Gasteiger partial charge in [-0.1, -0.05) is 39.4 Å². The summed E-state index contributed by atoms with van der Waals surface area (Å²) in [6, 6.07) is 14.3. The fourth-order valence-electron chi connectivity index (χ4n) is 4.45.